The lowest BCUT2D eigenvalue weighted by Crippen LogP contribution is -2.59. The minimum atomic E-state index is -0.536. The van der Waals surface area contributed by atoms with Crippen LogP contribution in [-0.2, 0) is 9.53 Å². The summed E-state index contributed by atoms with van der Waals surface area (Å²) in [7, 11) is 0. The highest BCUT2D eigenvalue weighted by atomic mass is 32.1. The second-order valence-electron chi connectivity index (χ2n) is 6.36. The molecule has 1 amide bonds. The maximum atomic E-state index is 12.9. The average Bonchev–Trinajstić information content (AvgIpc) is 3.19. The zero-order chi connectivity index (χ0) is 15.6. The molecule has 2 aliphatic heterocycles. The molecule has 1 aromatic rings. The van der Waals surface area contributed by atoms with Gasteiger partial charge in [0.05, 0.1) is 30.9 Å². The summed E-state index contributed by atoms with van der Waals surface area (Å²) in [6.45, 7) is 4.58. The first-order valence-electron chi connectivity index (χ1n) is 7.95. The van der Waals surface area contributed by atoms with E-state index in [2.05, 4.69) is 5.32 Å². The monoisotopic (exact) mass is 324 g/mol. The molecule has 3 heterocycles. The van der Waals surface area contributed by atoms with Gasteiger partial charge in [0.25, 0.3) is 0 Å². The Morgan fingerprint density at radius 1 is 1.68 bits per heavy atom. The van der Waals surface area contributed by atoms with Crippen LogP contribution in [0.4, 0.5) is 0 Å². The number of morpholine rings is 1. The van der Waals surface area contributed by atoms with E-state index in [1.807, 2.05) is 29.3 Å². The number of rotatable bonds is 4. The number of ether oxygens (including phenoxy) is 1. The minimum absolute atomic E-state index is 0.0578. The van der Waals surface area contributed by atoms with Gasteiger partial charge in [-0.05, 0) is 37.8 Å². The normalized spacial score (nSPS) is 30.5. The zero-order valence-corrected chi connectivity index (χ0v) is 13.8. The molecule has 0 saturated carbocycles. The minimum Gasteiger partial charge on any atom is -0.387 e. The van der Waals surface area contributed by atoms with Crippen molar-refractivity contribution in [3.8, 4) is 0 Å². The fourth-order valence-corrected chi connectivity index (χ4v) is 4.09. The molecular formula is C16H24N2O3S. The molecule has 0 aliphatic carbocycles. The van der Waals surface area contributed by atoms with Crippen molar-refractivity contribution in [2.45, 2.75) is 43.9 Å². The number of aliphatic hydroxyl groups excluding tert-OH is 1. The molecule has 2 fully saturated rings. The number of hydrogen-bond acceptors (Lipinski definition) is 5. The SMILES string of the molecule is CC1(C(=O)N2CCOCC2CC(O)c2cccs2)CCCN1. The van der Waals surface area contributed by atoms with Crippen LogP contribution in [-0.4, -0.2) is 53.8 Å². The van der Waals surface area contributed by atoms with Gasteiger partial charge in [-0.25, -0.2) is 0 Å². The van der Waals surface area contributed by atoms with Crippen LogP contribution >= 0.6 is 11.3 Å². The van der Waals surface area contributed by atoms with E-state index < -0.39 is 11.6 Å². The molecule has 0 radical (unpaired) electrons. The van der Waals surface area contributed by atoms with E-state index >= 15 is 0 Å². The quantitative estimate of drug-likeness (QED) is 0.882. The Balaban J connectivity index is 1.69. The lowest BCUT2D eigenvalue weighted by Gasteiger charge is -2.40. The lowest BCUT2D eigenvalue weighted by molar-refractivity contribution is -0.147. The van der Waals surface area contributed by atoms with Gasteiger partial charge in [-0.1, -0.05) is 6.07 Å². The molecule has 1 aromatic heterocycles. The fraction of sp³-hybridized carbons (Fsp3) is 0.688. The van der Waals surface area contributed by atoms with E-state index in [9.17, 15) is 9.90 Å². The van der Waals surface area contributed by atoms with Gasteiger partial charge in [-0.2, -0.15) is 0 Å². The summed E-state index contributed by atoms with van der Waals surface area (Å²) in [6.07, 6.45) is 1.91. The molecule has 3 unspecified atom stereocenters. The third-order valence-corrected chi connectivity index (χ3v) is 5.67. The molecule has 0 aromatic carbocycles. The highest BCUT2D eigenvalue weighted by molar-refractivity contribution is 7.10. The van der Waals surface area contributed by atoms with Crippen LogP contribution in [0, 0.1) is 0 Å². The zero-order valence-electron chi connectivity index (χ0n) is 13.0. The Morgan fingerprint density at radius 2 is 2.55 bits per heavy atom. The van der Waals surface area contributed by atoms with E-state index in [0.29, 0.717) is 26.2 Å². The second-order valence-corrected chi connectivity index (χ2v) is 7.34. The van der Waals surface area contributed by atoms with Crippen LogP contribution in [0.1, 0.15) is 37.2 Å². The fourth-order valence-electron chi connectivity index (χ4n) is 3.37. The molecule has 6 heteroatoms. The molecule has 0 spiro atoms. The number of hydrogen-bond donors (Lipinski definition) is 2. The topological polar surface area (TPSA) is 61.8 Å². The number of carbonyl (C=O) groups excluding carboxylic acids is 1. The van der Waals surface area contributed by atoms with E-state index in [-0.39, 0.29) is 11.9 Å². The maximum Gasteiger partial charge on any atom is 0.242 e. The van der Waals surface area contributed by atoms with Crippen molar-refractivity contribution in [2.24, 2.45) is 0 Å². The Morgan fingerprint density at radius 3 is 3.23 bits per heavy atom. The molecule has 3 atom stereocenters. The molecule has 122 valence electrons. The van der Waals surface area contributed by atoms with Crippen LogP contribution in [0.2, 0.25) is 0 Å². The Bertz CT molecular complexity index is 499. The van der Waals surface area contributed by atoms with Crippen LogP contribution < -0.4 is 5.32 Å². The number of carbonyl (C=O) groups is 1. The van der Waals surface area contributed by atoms with Gasteiger partial charge in [0.1, 0.15) is 0 Å². The Labute approximate surface area is 135 Å². The lowest BCUT2D eigenvalue weighted by atomic mass is 9.96. The van der Waals surface area contributed by atoms with E-state index in [1.54, 1.807) is 11.3 Å². The van der Waals surface area contributed by atoms with Crippen molar-refractivity contribution in [2.75, 3.05) is 26.3 Å². The van der Waals surface area contributed by atoms with E-state index in [1.165, 1.54) is 0 Å². The summed E-state index contributed by atoms with van der Waals surface area (Å²) in [5.74, 6) is 0.150. The summed E-state index contributed by atoms with van der Waals surface area (Å²) < 4.78 is 5.55. The van der Waals surface area contributed by atoms with Crippen LogP contribution in [0.25, 0.3) is 0 Å². The van der Waals surface area contributed by atoms with Crippen molar-refractivity contribution in [1.82, 2.24) is 10.2 Å². The summed E-state index contributed by atoms with van der Waals surface area (Å²) in [4.78, 5) is 15.8. The number of aliphatic hydroxyl groups is 1. The first-order valence-corrected chi connectivity index (χ1v) is 8.83. The largest absolute Gasteiger partial charge is 0.387 e. The van der Waals surface area contributed by atoms with Crippen molar-refractivity contribution in [1.29, 1.82) is 0 Å². The predicted molar refractivity (Wildman–Crippen MR) is 85.9 cm³/mol. The third-order valence-electron chi connectivity index (χ3n) is 4.70. The van der Waals surface area contributed by atoms with Gasteiger partial charge < -0.3 is 20.1 Å². The third kappa shape index (κ3) is 3.20. The van der Waals surface area contributed by atoms with Crippen LogP contribution in [0.15, 0.2) is 17.5 Å². The number of thiophene rings is 1. The molecule has 2 saturated heterocycles. The molecule has 3 rings (SSSR count). The van der Waals surface area contributed by atoms with Gasteiger partial charge in [0.2, 0.25) is 5.91 Å². The summed E-state index contributed by atoms with van der Waals surface area (Å²) >= 11 is 1.55. The smallest absolute Gasteiger partial charge is 0.242 e. The van der Waals surface area contributed by atoms with Gasteiger partial charge in [-0.15, -0.1) is 11.3 Å². The molecule has 2 aliphatic rings. The number of nitrogens with one attached hydrogen (secondary N) is 1. The molecule has 0 bridgehead atoms. The van der Waals surface area contributed by atoms with Crippen molar-refractivity contribution >= 4 is 17.2 Å². The predicted octanol–water partition coefficient (Wildman–Crippen LogP) is 1.54. The summed E-state index contributed by atoms with van der Waals surface area (Å²) in [5.41, 5.74) is -0.455. The standard InChI is InChI=1S/C16H24N2O3S/c1-16(5-3-6-17-16)15(20)18-7-8-21-11-12(18)10-13(19)14-4-2-9-22-14/h2,4,9,12-13,17,19H,3,5-8,10-11H2,1H3. The number of nitrogens with zero attached hydrogens (tertiary/aromatic N) is 1. The first kappa shape index (κ1) is 15.9. The average molecular weight is 324 g/mol. The Hall–Kier alpha value is -0.950. The van der Waals surface area contributed by atoms with Gasteiger partial charge in [0.15, 0.2) is 0 Å². The number of amides is 1. The second kappa shape index (κ2) is 6.66. The Kier molecular flexibility index (Phi) is 4.82. The van der Waals surface area contributed by atoms with Gasteiger partial charge in [0, 0.05) is 17.8 Å². The van der Waals surface area contributed by atoms with E-state index in [4.69, 9.17) is 4.74 Å². The van der Waals surface area contributed by atoms with E-state index in [0.717, 1.165) is 24.3 Å². The molecule has 2 N–H and O–H groups in total. The summed E-state index contributed by atoms with van der Waals surface area (Å²) in [5, 5.41) is 15.7. The molecular weight excluding hydrogens is 300 g/mol. The molecule has 5 nitrogen and oxygen atoms in total. The van der Waals surface area contributed by atoms with Gasteiger partial charge >= 0.3 is 0 Å². The van der Waals surface area contributed by atoms with Crippen molar-refractivity contribution < 1.29 is 14.6 Å². The highest BCUT2D eigenvalue weighted by Gasteiger charge is 2.42. The molecule has 22 heavy (non-hydrogen) atoms. The van der Waals surface area contributed by atoms with Crippen molar-refractivity contribution in [3.05, 3.63) is 22.4 Å². The maximum absolute atomic E-state index is 12.9. The van der Waals surface area contributed by atoms with Crippen molar-refractivity contribution in [3.63, 3.8) is 0 Å². The van der Waals surface area contributed by atoms with Gasteiger partial charge in [-0.3, -0.25) is 4.79 Å². The first-order chi connectivity index (χ1) is 10.6. The van der Waals surface area contributed by atoms with Crippen LogP contribution in [0.5, 0.6) is 0 Å². The summed E-state index contributed by atoms with van der Waals surface area (Å²) in [6, 6.07) is 3.82. The van der Waals surface area contributed by atoms with Crippen LogP contribution in [0.3, 0.4) is 0 Å². The highest BCUT2D eigenvalue weighted by Crippen LogP contribution is 2.29.